The molecule has 1 heteroatoms. The number of benzene rings is 1. The van der Waals surface area contributed by atoms with Crippen molar-refractivity contribution in [3.8, 4) is 0 Å². The highest BCUT2D eigenvalue weighted by molar-refractivity contribution is 7.10. The molecule has 1 aliphatic rings. The summed E-state index contributed by atoms with van der Waals surface area (Å²) in [5.74, 6) is 0.550. The summed E-state index contributed by atoms with van der Waals surface area (Å²) in [4.78, 5) is 1.56. The summed E-state index contributed by atoms with van der Waals surface area (Å²) in [5.41, 5.74) is 4.89. The second-order valence-electron chi connectivity index (χ2n) is 5.97. The van der Waals surface area contributed by atoms with Gasteiger partial charge in [-0.05, 0) is 33.6 Å². The van der Waals surface area contributed by atoms with Crippen LogP contribution in [-0.4, -0.2) is 0 Å². The van der Waals surface area contributed by atoms with E-state index in [1.807, 2.05) is 11.3 Å². The van der Waals surface area contributed by atoms with Gasteiger partial charge < -0.3 is 0 Å². The predicted octanol–water partition coefficient (Wildman–Crippen LogP) is 4.83. The molecular formula is C16H18S. The molecular weight excluding hydrogens is 224 g/mol. The number of thiophene rings is 1. The summed E-state index contributed by atoms with van der Waals surface area (Å²) in [6, 6.07) is 11.3. The summed E-state index contributed by atoms with van der Waals surface area (Å²) >= 11 is 1.91. The summed E-state index contributed by atoms with van der Waals surface area (Å²) < 4.78 is 0. The van der Waals surface area contributed by atoms with Crippen LogP contribution in [0.1, 0.15) is 48.3 Å². The Morgan fingerprint density at radius 2 is 1.82 bits per heavy atom. The molecule has 0 nitrogen and oxygen atoms in total. The molecule has 88 valence electrons. The van der Waals surface area contributed by atoms with E-state index in [2.05, 4.69) is 56.5 Å². The molecule has 1 atom stereocenters. The van der Waals surface area contributed by atoms with Crippen molar-refractivity contribution in [1.29, 1.82) is 0 Å². The maximum Gasteiger partial charge on any atom is 0.0152 e. The zero-order valence-electron chi connectivity index (χ0n) is 10.7. The van der Waals surface area contributed by atoms with Crippen molar-refractivity contribution < 1.29 is 0 Å². The highest BCUT2D eigenvalue weighted by Gasteiger charge is 2.34. The first-order valence-corrected chi connectivity index (χ1v) is 7.09. The third kappa shape index (κ3) is 1.73. The average molecular weight is 242 g/mol. The largest absolute Gasteiger partial charge is 0.148 e. The molecule has 0 spiro atoms. The highest BCUT2D eigenvalue weighted by atomic mass is 32.1. The molecule has 0 saturated heterocycles. The predicted molar refractivity (Wildman–Crippen MR) is 74.9 cm³/mol. The molecule has 1 unspecified atom stereocenters. The van der Waals surface area contributed by atoms with Gasteiger partial charge >= 0.3 is 0 Å². The smallest absolute Gasteiger partial charge is 0.0152 e. The molecule has 3 rings (SSSR count). The first kappa shape index (κ1) is 11.0. The van der Waals surface area contributed by atoms with Gasteiger partial charge in [-0.3, -0.25) is 0 Å². The molecule has 0 radical (unpaired) electrons. The summed E-state index contributed by atoms with van der Waals surface area (Å²) in [7, 11) is 0. The van der Waals surface area contributed by atoms with Crippen molar-refractivity contribution in [2.45, 2.75) is 33.1 Å². The normalized spacial score (nSPS) is 18.6. The van der Waals surface area contributed by atoms with E-state index in [1.165, 1.54) is 11.1 Å². The van der Waals surface area contributed by atoms with Crippen molar-refractivity contribution in [3.63, 3.8) is 0 Å². The van der Waals surface area contributed by atoms with E-state index in [4.69, 9.17) is 0 Å². The average Bonchev–Trinajstić information content (AvgIpc) is 2.71. The zero-order chi connectivity index (χ0) is 12.0. The maximum atomic E-state index is 2.35. The Morgan fingerprint density at radius 1 is 1.06 bits per heavy atom. The molecule has 0 saturated carbocycles. The Balaban J connectivity index is 2.23. The molecule has 17 heavy (non-hydrogen) atoms. The van der Waals surface area contributed by atoms with Gasteiger partial charge in [0.25, 0.3) is 0 Å². The lowest BCUT2D eigenvalue weighted by atomic mass is 9.68. The van der Waals surface area contributed by atoms with Gasteiger partial charge in [0, 0.05) is 17.2 Å². The molecule has 2 aromatic rings. The fourth-order valence-corrected chi connectivity index (χ4v) is 3.94. The third-order valence-corrected chi connectivity index (χ3v) is 4.61. The van der Waals surface area contributed by atoms with Crippen molar-refractivity contribution in [2.24, 2.45) is 5.41 Å². The second kappa shape index (κ2) is 3.71. The van der Waals surface area contributed by atoms with E-state index >= 15 is 0 Å². The van der Waals surface area contributed by atoms with Crippen LogP contribution < -0.4 is 0 Å². The topological polar surface area (TPSA) is 0 Å². The first-order valence-electron chi connectivity index (χ1n) is 6.21. The lowest BCUT2D eigenvalue weighted by Crippen LogP contribution is -2.24. The van der Waals surface area contributed by atoms with Crippen LogP contribution in [0.15, 0.2) is 35.7 Å². The maximum absolute atomic E-state index is 2.35. The Bertz CT molecular complexity index is 543. The van der Waals surface area contributed by atoms with Gasteiger partial charge in [0.15, 0.2) is 0 Å². The molecule has 0 amide bonds. The van der Waals surface area contributed by atoms with Crippen LogP contribution in [0.2, 0.25) is 0 Å². The van der Waals surface area contributed by atoms with Gasteiger partial charge in [0.1, 0.15) is 0 Å². The molecule has 0 aliphatic heterocycles. The van der Waals surface area contributed by atoms with Crippen molar-refractivity contribution in [2.75, 3.05) is 0 Å². The first-order chi connectivity index (χ1) is 8.07. The van der Waals surface area contributed by atoms with Crippen molar-refractivity contribution in [1.82, 2.24) is 0 Å². The molecule has 0 fully saturated rings. The minimum atomic E-state index is 0.284. The van der Waals surface area contributed by atoms with E-state index in [0.29, 0.717) is 5.92 Å². The van der Waals surface area contributed by atoms with Crippen LogP contribution >= 0.6 is 11.3 Å². The number of fused-ring (bicyclic) bond motifs is 2. The van der Waals surface area contributed by atoms with E-state index in [1.54, 1.807) is 10.4 Å². The van der Waals surface area contributed by atoms with E-state index in [-0.39, 0.29) is 5.41 Å². The molecule has 0 bridgehead atoms. The lowest BCUT2D eigenvalue weighted by Gasteiger charge is -2.36. The molecule has 1 aromatic heterocycles. The monoisotopic (exact) mass is 242 g/mol. The van der Waals surface area contributed by atoms with Gasteiger partial charge in [-0.25, -0.2) is 0 Å². The summed E-state index contributed by atoms with van der Waals surface area (Å²) in [5, 5.41) is 2.25. The Morgan fingerprint density at radius 3 is 2.59 bits per heavy atom. The van der Waals surface area contributed by atoms with Gasteiger partial charge in [-0.15, -0.1) is 11.3 Å². The fraction of sp³-hybridized carbons (Fsp3) is 0.375. The third-order valence-electron chi connectivity index (χ3n) is 3.67. The Hall–Kier alpha value is -1.08. The van der Waals surface area contributed by atoms with Gasteiger partial charge in [0.2, 0.25) is 0 Å². The number of rotatable bonds is 0. The van der Waals surface area contributed by atoms with Crippen LogP contribution in [0.25, 0.3) is 0 Å². The van der Waals surface area contributed by atoms with Crippen molar-refractivity contribution >= 4 is 11.3 Å². The highest BCUT2D eigenvalue weighted by Crippen LogP contribution is 2.47. The van der Waals surface area contributed by atoms with E-state index in [0.717, 1.165) is 6.42 Å². The van der Waals surface area contributed by atoms with Crippen molar-refractivity contribution in [3.05, 3.63) is 57.3 Å². The minimum absolute atomic E-state index is 0.284. The summed E-state index contributed by atoms with van der Waals surface area (Å²) in [6.07, 6.45) is 1.12. The van der Waals surface area contributed by atoms with Gasteiger partial charge in [0.05, 0.1) is 0 Å². The van der Waals surface area contributed by atoms with Crippen LogP contribution in [0.4, 0.5) is 0 Å². The summed E-state index contributed by atoms with van der Waals surface area (Å²) in [6.45, 7) is 7.05. The van der Waals surface area contributed by atoms with Crippen LogP contribution in [-0.2, 0) is 6.42 Å². The van der Waals surface area contributed by atoms with Crippen LogP contribution in [0.5, 0.6) is 0 Å². The number of hydrogen-bond donors (Lipinski definition) is 0. The Kier molecular flexibility index (Phi) is 2.41. The quantitative estimate of drug-likeness (QED) is 0.620. The van der Waals surface area contributed by atoms with E-state index < -0.39 is 0 Å². The van der Waals surface area contributed by atoms with Gasteiger partial charge in [-0.2, -0.15) is 0 Å². The SMILES string of the molecule is CC(C)(C)C1c2ccccc2Cc2sccc21. The number of hydrogen-bond acceptors (Lipinski definition) is 1. The molecule has 1 heterocycles. The van der Waals surface area contributed by atoms with E-state index in [9.17, 15) is 0 Å². The standard InChI is InChI=1S/C16H18S/c1-16(2,3)15-12-7-5-4-6-11(12)10-14-13(15)8-9-17-14/h4-9,15H,10H2,1-3H3. The van der Waals surface area contributed by atoms with Gasteiger partial charge in [-0.1, -0.05) is 45.0 Å². The molecule has 0 N–H and O–H groups in total. The van der Waals surface area contributed by atoms with Crippen LogP contribution in [0.3, 0.4) is 0 Å². The lowest BCUT2D eigenvalue weighted by molar-refractivity contribution is 0.354. The zero-order valence-corrected chi connectivity index (χ0v) is 11.5. The van der Waals surface area contributed by atoms with Crippen LogP contribution in [0, 0.1) is 5.41 Å². The molecule has 1 aromatic carbocycles. The second-order valence-corrected chi connectivity index (χ2v) is 6.97. The fourth-order valence-electron chi connectivity index (χ4n) is 3.00. The molecule has 1 aliphatic carbocycles. The Labute approximate surface area is 107 Å². The minimum Gasteiger partial charge on any atom is -0.148 e.